The van der Waals surface area contributed by atoms with E-state index >= 15 is 0 Å². The lowest BCUT2D eigenvalue weighted by atomic mass is 10.0. The predicted octanol–water partition coefficient (Wildman–Crippen LogP) is 1.74. The van der Waals surface area contributed by atoms with Gasteiger partial charge in [-0.2, -0.15) is 0 Å². The Bertz CT molecular complexity index is 410. The third kappa shape index (κ3) is 2.43. The van der Waals surface area contributed by atoms with Crippen LogP contribution in [0.1, 0.15) is 12.0 Å². The number of alkyl halides is 2. The SMILES string of the molecule is NCCC(F)(F)c1ccc([N+](=O)[O-])c(O)c1. The Morgan fingerprint density at radius 3 is 2.56 bits per heavy atom. The maximum Gasteiger partial charge on any atom is 0.310 e. The second kappa shape index (κ2) is 4.40. The fourth-order valence-electron chi connectivity index (χ4n) is 1.23. The van der Waals surface area contributed by atoms with Crippen LogP contribution in [0.4, 0.5) is 14.5 Å². The van der Waals surface area contributed by atoms with Crippen LogP contribution in [0, 0.1) is 10.1 Å². The van der Waals surface area contributed by atoms with Crippen LogP contribution in [-0.4, -0.2) is 16.6 Å². The quantitative estimate of drug-likeness (QED) is 0.611. The van der Waals surface area contributed by atoms with Crippen LogP contribution in [0.25, 0.3) is 0 Å². The Balaban J connectivity index is 3.10. The molecule has 7 heteroatoms. The van der Waals surface area contributed by atoms with E-state index in [2.05, 4.69) is 0 Å². The minimum Gasteiger partial charge on any atom is -0.502 e. The van der Waals surface area contributed by atoms with Crippen LogP contribution >= 0.6 is 0 Å². The van der Waals surface area contributed by atoms with Crippen LogP contribution in [0.5, 0.6) is 5.75 Å². The maximum atomic E-state index is 13.3. The van der Waals surface area contributed by atoms with Gasteiger partial charge in [0.1, 0.15) is 0 Å². The van der Waals surface area contributed by atoms with Crippen LogP contribution in [-0.2, 0) is 5.92 Å². The lowest BCUT2D eigenvalue weighted by Crippen LogP contribution is -2.18. The van der Waals surface area contributed by atoms with Crippen molar-refractivity contribution < 1.29 is 18.8 Å². The summed E-state index contributed by atoms with van der Waals surface area (Å²) in [5, 5.41) is 19.5. The van der Waals surface area contributed by atoms with Crippen LogP contribution < -0.4 is 5.73 Å². The number of benzene rings is 1. The van der Waals surface area contributed by atoms with Crippen molar-refractivity contribution >= 4 is 5.69 Å². The molecule has 0 aliphatic rings. The van der Waals surface area contributed by atoms with Gasteiger partial charge in [-0.25, -0.2) is 8.78 Å². The van der Waals surface area contributed by atoms with Crippen molar-refractivity contribution in [2.24, 2.45) is 5.73 Å². The first kappa shape index (κ1) is 12.3. The van der Waals surface area contributed by atoms with Gasteiger partial charge >= 0.3 is 5.69 Å². The molecule has 0 radical (unpaired) electrons. The number of nitro groups is 1. The van der Waals surface area contributed by atoms with Gasteiger partial charge < -0.3 is 10.8 Å². The minimum atomic E-state index is -3.19. The largest absolute Gasteiger partial charge is 0.502 e. The van der Waals surface area contributed by atoms with Gasteiger partial charge in [0.2, 0.25) is 0 Å². The number of nitro benzene ring substituents is 1. The number of halogens is 2. The monoisotopic (exact) mass is 232 g/mol. The van der Waals surface area contributed by atoms with E-state index in [1.54, 1.807) is 0 Å². The molecule has 5 nitrogen and oxygen atoms in total. The Labute approximate surface area is 89.6 Å². The molecular weight excluding hydrogens is 222 g/mol. The van der Waals surface area contributed by atoms with Gasteiger partial charge in [-0.15, -0.1) is 0 Å². The smallest absolute Gasteiger partial charge is 0.310 e. The molecule has 0 aliphatic heterocycles. The minimum absolute atomic E-state index is 0.218. The van der Waals surface area contributed by atoms with Crippen molar-refractivity contribution in [1.29, 1.82) is 0 Å². The van der Waals surface area contributed by atoms with E-state index in [0.29, 0.717) is 6.07 Å². The molecule has 0 amide bonds. The Hall–Kier alpha value is -1.76. The lowest BCUT2D eigenvalue weighted by molar-refractivity contribution is -0.385. The summed E-state index contributed by atoms with van der Waals surface area (Å²) < 4.78 is 26.6. The van der Waals surface area contributed by atoms with Crippen molar-refractivity contribution in [3.05, 3.63) is 33.9 Å². The maximum absolute atomic E-state index is 13.3. The molecule has 1 aromatic rings. The molecule has 0 atom stereocenters. The van der Waals surface area contributed by atoms with Gasteiger partial charge in [0.15, 0.2) is 5.75 Å². The molecule has 0 spiro atoms. The fourth-order valence-corrected chi connectivity index (χ4v) is 1.23. The average Bonchev–Trinajstić information content (AvgIpc) is 2.16. The lowest BCUT2D eigenvalue weighted by Gasteiger charge is -2.15. The number of phenolic OH excluding ortho intramolecular Hbond substituents is 1. The second-order valence-corrected chi connectivity index (χ2v) is 3.20. The summed E-state index contributed by atoms with van der Waals surface area (Å²) in [6, 6.07) is 2.44. The summed E-state index contributed by atoms with van der Waals surface area (Å²) in [4.78, 5) is 9.50. The normalized spacial score (nSPS) is 11.4. The summed E-state index contributed by atoms with van der Waals surface area (Å²) in [7, 11) is 0. The van der Waals surface area contributed by atoms with Crippen molar-refractivity contribution in [2.45, 2.75) is 12.3 Å². The summed E-state index contributed by atoms with van der Waals surface area (Å²) in [5.74, 6) is -3.97. The molecule has 0 bridgehead atoms. The highest BCUT2D eigenvalue weighted by Crippen LogP contribution is 2.36. The zero-order chi connectivity index (χ0) is 12.3. The van der Waals surface area contributed by atoms with Crippen molar-refractivity contribution in [2.75, 3.05) is 6.54 Å². The molecule has 0 heterocycles. The number of aromatic hydroxyl groups is 1. The predicted molar refractivity (Wildman–Crippen MR) is 52.3 cm³/mol. The second-order valence-electron chi connectivity index (χ2n) is 3.20. The van der Waals surface area contributed by atoms with Crippen LogP contribution in [0.3, 0.4) is 0 Å². The zero-order valence-corrected chi connectivity index (χ0v) is 8.19. The zero-order valence-electron chi connectivity index (χ0n) is 8.19. The van der Waals surface area contributed by atoms with Gasteiger partial charge in [0.25, 0.3) is 5.92 Å². The van der Waals surface area contributed by atoms with E-state index < -0.39 is 34.3 Å². The molecule has 0 unspecified atom stereocenters. The first-order chi connectivity index (χ1) is 7.38. The molecule has 0 saturated heterocycles. The van der Waals surface area contributed by atoms with Crippen LogP contribution in [0.2, 0.25) is 0 Å². The molecule has 88 valence electrons. The average molecular weight is 232 g/mol. The molecule has 1 rings (SSSR count). The highest BCUT2D eigenvalue weighted by atomic mass is 19.3. The first-order valence-electron chi connectivity index (χ1n) is 4.44. The molecule has 1 aromatic carbocycles. The highest BCUT2D eigenvalue weighted by molar-refractivity contribution is 5.48. The van der Waals surface area contributed by atoms with E-state index in [0.717, 1.165) is 12.1 Å². The summed E-state index contributed by atoms with van der Waals surface area (Å²) >= 11 is 0. The fraction of sp³-hybridized carbons (Fsp3) is 0.333. The summed E-state index contributed by atoms with van der Waals surface area (Å²) in [6.07, 6.45) is -0.579. The van der Waals surface area contributed by atoms with Crippen molar-refractivity contribution in [1.82, 2.24) is 0 Å². The number of phenols is 1. The molecule has 0 saturated carbocycles. The van der Waals surface area contributed by atoms with Gasteiger partial charge in [0.05, 0.1) is 4.92 Å². The standard InChI is InChI=1S/C9H10F2N2O3/c10-9(11,3-4-12)6-1-2-7(13(15)16)8(14)5-6/h1-2,5,14H,3-4,12H2. The van der Waals surface area contributed by atoms with Gasteiger partial charge in [-0.3, -0.25) is 10.1 Å². The first-order valence-corrected chi connectivity index (χ1v) is 4.44. The summed E-state index contributed by atoms with van der Waals surface area (Å²) in [5.41, 5.74) is 3.93. The Morgan fingerprint density at radius 2 is 2.12 bits per heavy atom. The van der Waals surface area contributed by atoms with E-state index in [1.165, 1.54) is 0 Å². The van der Waals surface area contributed by atoms with E-state index in [-0.39, 0.29) is 6.54 Å². The number of hydrogen-bond donors (Lipinski definition) is 2. The molecule has 0 aliphatic carbocycles. The van der Waals surface area contributed by atoms with E-state index in [1.807, 2.05) is 0 Å². The Kier molecular flexibility index (Phi) is 3.38. The highest BCUT2D eigenvalue weighted by Gasteiger charge is 2.32. The molecule has 0 fully saturated rings. The third-order valence-electron chi connectivity index (χ3n) is 2.05. The van der Waals surface area contributed by atoms with E-state index in [4.69, 9.17) is 5.73 Å². The third-order valence-corrected chi connectivity index (χ3v) is 2.05. The van der Waals surface area contributed by atoms with Crippen molar-refractivity contribution in [3.63, 3.8) is 0 Å². The van der Waals surface area contributed by atoms with Gasteiger partial charge in [-0.1, -0.05) is 0 Å². The van der Waals surface area contributed by atoms with Crippen LogP contribution in [0.15, 0.2) is 18.2 Å². The number of nitrogens with two attached hydrogens (primary N) is 1. The Morgan fingerprint density at radius 1 is 1.50 bits per heavy atom. The number of hydrogen-bond acceptors (Lipinski definition) is 4. The van der Waals surface area contributed by atoms with Gasteiger partial charge in [-0.05, 0) is 18.7 Å². The van der Waals surface area contributed by atoms with Crippen molar-refractivity contribution in [3.8, 4) is 5.75 Å². The van der Waals surface area contributed by atoms with E-state index in [9.17, 15) is 24.0 Å². The summed E-state index contributed by atoms with van der Waals surface area (Å²) in [6.45, 7) is -0.218. The molecular formula is C9H10F2N2O3. The molecule has 0 aromatic heterocycles. The number of rotatable bonds is 4. The number of nitrogens with zero attached hydrogens (tertiary/aromatic N) is 1. The molecule has 16 heavy (non-hydrogen) atoms. The topological polar surface area (TPSA) is 89.4 Å². The van der Waals surface area contributed by atoms with Gasteiger partial charge in [0, 0.05) is 18.1 Å². The molecule has 3 N–H and O–H groups in total.